The highest BCUT2D eigenvalue weighted by atomic mass is 32.1. The monoisotopic (exact) mass is 386 g/mol. The van der Waals surface area contributed by atoms with Crippen LogP contribution in [0.4, 0.5) is 0 Å². The first kappa shape index (κ1) is 19.2. The molecule has 3 rings (SSSR count). The molecule has 0 amide bonds. The average molecular weight is 386 g/mol. The van der Waals surface area contributed by atoms with Gasteiger partial charge in [-0.1, -0.05) is 12.1 Å². The van der Waals surface area contributed by atoms with Crippen LogP contribution >= 0.6 is 11.3 Å². The molecule has 1 aromatic carbocycles. The van der Waals surface area contributed by atoms with E-state index in [1.807, 2.05) is 35.7 Å². The van der Waals surface area contributed by atoms with Crippen LogP contribution in [0.3, 0.4) is 0 Å². The Balaban J connectivity index is 2.13. The number of carbonyl (C=O) groups excluding carboxylic acids is 2. The normalized spacial score (nSPS) is 19.4. The molecule has 1 aliphatic carbocycles. The highest BCUT2D eigenvalue weighted by molar-refractivity contribution is 7.11. The van der Waals surface area contributed by atoms with Crippen LogP contribution in [0.5, 0.6) is 11.5 Å². The lowest BCUT2D eigenvalue weighted by Crippen LogP contribution is -2.34. The smallest absolute Gasteiger partial charge is 0.317 e. The summed E-state index contributed by atoms with van der Waals surface area (Å²) < 4.78 is 16.3. The summed E-state index contributed by atoms with van der Waals surface area (Å²) in [4.78, 5) is 26.6. The Morgan fingerprint density at radius 2 is 1.85 bits per heavy atom. The standard InChI is InChI=1S/C21H22O5S/c1-4-26-21(23)19-14(20-16(24-2)7-5-8-17(20)25-3)11-13(12-15(19)22)18-9-6-10-27-18/h5-10,12,14,19H,4,11H2,1-3H3/t14-,19-/m1/s1. The summed E-state index contributed by atoms with van der Waals surface area (Å²) in [5.41, 5.74) is 1.63. The second kappa shape index (κ2) is 8.39. The van der Waals surface area contributed by atoms with Gasteiger partial charge >= 0.3 is 5.97 Å². The molecule has 0 N–H and O–H groups in total. The Hall–Kier alpha value is -2.60. The Morgan fingerprint density at radius 1 is 1.15 bits per heavy atom. The number of hydrogen-bond acceptors (Lipinski definition) is 6. The van der Waals surface area contributed by atoms with Gasteiger partial charge in [-0.05, 0) is 48.6 Å². The predicted octanol–water partition coefficient (Wildman–Crippen LogP) is 4.08. The molecule has 5 nitrogen and oxygen atoms in total. The fraction of sp³-hybridized carbons (Fsp3) is 0.333. The van der Waals surface area contributed by atoms with Crippen LogP contribution < -0.4 is 9.47 Å². The molecule has 0 saturated heterocycles. The van der Waals surface area contributed by atoms with E-state index in [2.05, 4.69) is 0 Å². The maximum Gasteiger partial charge on any atom is 0.317 e. The second-order valence-corrected chi connectivity index (χ2v) is 7.11. The van der Waals surface area contributed by atoms with Gasteiger partial charge in [0.15, 0.2) is 5.78 Å². The molecule has 0 fully saturated rings. The molecule has 0 saturated carbocycles. The van der Waals surface area contributed by atoms with E-state index in [1.165, 1.54) is 0 Å². The fourth-order valence-electron chi connectivity index (χ4n) is 3.53. The molecule has 1 aliphatic rings. The highest BCUT2D eigenvalue weighted by Gasteiger charge is 2.42. The molecular formula is C21H22O5S. The van der Waals surface area contributed by atoms with Gasteiger partial charge in [-0.3, -0.25) is 9.59 Å². The number of benzene rings is 1. The van der Waals surface area contributed by atoms with Gasteiger partial charge in [0.2, 0.25) is 0 Å². The van der Waals surface area contributed by atoms with Crippen molar-refractivity contribution in [3.8, 4) is 11.5 Å². The summed E-state index contributed by atoms with van der Waals surface area (Å²) in [6.07, 6.45) is 2.10. The van der Waals surface area contributed by atoms with Crippen LogP contribution in [0.15, 0.2) is 41.8 Å². The molecule has 1 aromatic heterocycles. The van der Waals surface area contributed by atoms with Gasteiger partial charge in [0.05, 0.1) is 20.8 Å². The Morgan fingerprint density at radius 3 is 2.41 bits per heavy atom. The molecule has 1 heterocycles. The van der Waals surface area contributed by atoms with Gasteiger partial charge in [-0.15, -0.1) is 11.3 Å². The van der Waals surface area contributed by atoms with Crippen molar-refractivity contribution in [3.05, 3.63) is 52.2 Å². The van der Waals surface area contributed by atoms with Crippen molar-refractivity contribution in [2.24, 2.45) is 5.92 Å². The van der Waals surface area contributed by atoms with E-state index in [0.29, 0.717) is 17.9 Å². The zero-order valence-electron chi connectivity index (χ0n) is 15.6. The van der Waals surface area contributed by atoms with E-state index < -0.39 is 17.8 Å². The van der Waals surface area contributed by atoms with Crippen LogP contribution in [0.2, 0.25) is 0 Å². The third-order valence-electron chi connectivity index (χ3n) is 4.68. The van der Waals surface area contributed by atoms with Crippen molar-refractivity contribution in [3.63, 3.8) is 0 Å². The number of hydrogen-bond donors (Lipinski definition) is 0. The molecule has 0 bridgehead atoms. The zero-order valence-corrected chi connectivity index (χ0v) is 16.4. The highest BCUT2D eigenvalue weighted by Crippen LogP contribution is 2.47. The zero-order chi connectivity index (χ0) is 19.4. The molecule has 0 spiro atoms. The van der Waals surface area contributed by atoms with Crippen molar-refractivity contribution in [2.75, 3.05) is 20.8 Å². The number of esters is 1. The van der Waals surface area contributed by atoms with Gasteiger partial charge in [-0.25, -0.2) is 0 Å². The largest absolute Gasteiger partial charge is 0.496 e. The lowest BCUT2D eigenvalue weighted by Gasteiger charge is -2.31. The maximum atomic E-state index is 12.9. The molecule has 142 valence electrons. The summed E-state index contributed by atoms with van der Waals surface area (Å²) in [6.45, 7) is 1.96. The van der Waals surface area contributed by atoms with Crippen LogP contribution in [-0.2, 0) is 14.3 Å². The first-order valence-corrected chi connectivity index (χ1v) is 9.64. The molecule has 2 atom stereocenters. The molecule has 0 radical (unpaired) electrons. The quantitative estimate of drug-likeness (QED) is 0.553. The van der Waals surface area contributed by atoms with Crippen molar-refractivity contribution >= 4 is 28.7 Å². The Bertz CT molecular complexity index is 831. The summed E-state index contributed by atoms with van der Waals surface area (Å²) in [6, 6.07) is 9.37. The topological polar surface area (TPSA) is 61.8 Å². The SMILES string of the molecule is CCOC(=O)[C@H]1C(=O)C=C(c2cccs2)C[C@H]1c1c(OC)cccc1OC. The molecule has 2 aromatic rings. The van der Waals surface area contributed by atoms with Gasteiger partial charge in [0, 0.05) is 16.4 Å². The Kier molecular flexibility index (Phi) is 5.96. The summed E-state index contributed by atoms with van der Waals surface area (Å²) >= 11 is 1.57. The molecule has 0 aliphatic heterocycles. The number of carbonyl (C=O) groups is 2. The van der Waals surface area contributed by atoms with Crippen LogP contribution in [0.1, 0.15) is 29.7 Å². The second-order valence-electron chi connectivity index (χ2n) is 6.17. The minimum absolute atomic E-state index is 0.222. The predicted molar refractivity (Wildman–Crippen MR) is 104 cm³/mol. The van der Waals surface area contributed by atoms with Crippen molar-refractivity contribution in [2.45, 2.75) is 19.3 Å². The lowest BCUT2D eigenvalue weighted by molar-refractivity contribution is -0.151. The summed E-state index contributed by atoms with van der Waals surface area (Å²) in [5, 5.41) is 1.97. The Labute approximate surface area is 162 Å². The molecule has 6 heteroatoms. The number of rotatable bonds is 6. The summed E-state index contributed by atoms with van der Waals surface area (Å²) in [7, 11) is 3.14. The van der Waals surface area contributed by atoms with Crippen LogP contribution in [0.25, 0.3) is 5.57 Å². The number of allylic oxidation sites excluding steroid dienone is 2. The lowest BCUT2D eigenvalue weighted by atomic mass is 9.74. The van der Waals surface area contributed by atoms with E-state index in [1.54, 1.807) is 38.6 Å². The van der Waals surface area contributed by atoms with Gasteiger partial charge in [0.1, 0.15) is 17.4 Å². The fourth-order valence-corrected chi connectivity index (χ4v) is 4.29. The molecular weight excluding hydrogens is 364 g/mol. The van der Waals surface area contributed by atoms with Crippen molar-refractivity contribution < 1.29 is 23.8 Å². The third-order valence-corrected chi connectivity index (χ3v) is 5.63. The maximum absolute atomic E-state index is 12.9. The number of ether oxygens (including phenoxy) is 3. The van der Waals surface area contributed by atoms with E-state index in [9.17, 15) is 9.59 Å². The van der Waals surface area contributed by atoms with Crippen LogP contribution in [0, 0.1) is 5.92 Å². The van der Waals surface area contributed by atoms with E-state index >= 15 is 0 Å². The minimum Gasteiger partial charge on any atom is -0.496 e. The molecule has 27 heavy (non-hydrogen) atoms. The first-order chi connectivity index (χ1) is 13.1. The summed E-state index contributed by atoms with van der Waals surface area (Å²) in [5.74, 6) is -0.922. The minimum atomic E-state index is -0.918. The van der Waals surface area contributed by atoms with E-state index in [4.69, 9.17) is 14.2 Å². The number of thiophene rings is 1. The van der Waals surface area contributed by atoms with Crippen LogP contribution in [-0.4, -0.2) is 32.6 Å². The van der Waals surface area contributed by atoms with Gasteiger partial charge in [-0.2, -0.15) is 0 Å². The van der Waals surface area contributed by atoms with Crippen molar-refractivity contribution in [1.82, 2.24) is 0 Å². The first-order valence-electron chi connectivity index (χ1n) is 8.76. The number of methoxy groups -OCH3 is 2. The van der Waals surface area contributed by atoms with Gasteiger partial charge in [0.25, 0.3) is 0 Å². The average Bonchev–Trinajstić information content (AvgIpc) is 3.21. The van der Waals surface area contributed by atoms with Crippen molar-refractivity contribution in [1.29, 1.82) is 0 Å². The molecule has 0 unspecified atom stereocenters. The third kappa shape index (κ3) is 3.76. The van der Waals surface area contributed by atoms with Gasteiger partial charge < -0.3 is 14.2 Å². The van der Waals surface area contributed by atoms with E-state index in [-0.39, 0.29) is 12.4 Å². The number of ketones is 1. The van der Waals surface area contributed by atoms with E-state index in [0.717, 1.165) is 16.0 Å².